The average Bonchev–Trinajstić information content (AvgIpc) is 2.84. The summed E-state index contributed by atoms with van der Waals surface area (Å²) >= 11 is 0. The van der Waals surface area contributed by atoms with Crippen molar-refractivity contribution in [2.45, 2.75) is 19.1 Å². The van der Waals surface area contributed by atoms with Crippen molar-refractivity contribution in [3.05, 3.63) is 34.6 Å². The van der Waals surface area contributed by atoms with Gasteiger partial charge in [0.1, 0.15) is 11.4 Å². The lowest BCUT2D eigenvalue weighted by atomic mass is 9.97. The van der Waals surface area contributed by atoms with Crippen LogP contribution in [-0.2, 0) is 16.9 Å². The van der Waals surface area contributed by atoms with Crippen molar-refractivity contribution in [1.82, 2.24) is 5.32 Å². The second kappa shape index (κ2) is 2.58. The number of fused-ring (bicyclic) bond motifs is 1. The van der Waals surface area contributed by atoms with E-state index < -0.39 is 5.60 Å². The fourth-order valence-corrected chi connectivity index (χ4v) is 1.86. The van der Waals surface area contributed by atoms with Gasteiger partial charge in [-0.15, -0.1) is 0 Å². The lowest BCUT2D eigenvalue weighted by Gasteiger charge is -2.07. The monoisotopic (exact) mass is 207 g/mol. The largest absolute Gasteiger partial charge is 0.365 e. The van der Waals surface area contributed by atoms with Crippen LogP contribution in [-0.4, -0.2) is 12.5 Å². The van der Waals surface area contributed by atoms with E-state index in [4.69, 9.17) is 4.74 Å². The van der Waals surface area contributed by atoms with Crippen LogP contribution < -0.4 is 5.32 Å². The molecule has 0 aliphatic carbocycles. The molecule has 1 saturated heterocycles. The van der Waals surface area contributed by atoms with Crippen LogP contribution in [0.3, 0.4) is 0 Å². The third-order valence-electron chi connectivity index (χ3n) is 3.05. The Morgan fingerprint density at radius 3 is 2.93 bits per heavy atom. The molecule has 1 atom stereocenters. The second-order valence-electron chi connectivity index (χ2n) is 4.19. The number of carbonyl (C=O) groups is 1. The predicted octanol–water partition coefficient (Wildman–Crippen LogP) is 1.31. The van der Waals surface area contributed by atoms with E-state index in [1.165, 1.54) is 6.07 Å². The van der Waals surface area contributed by atoms with Gasteiger partial charge in [0, 0.05) is 17.7 Å². The Morgan fingerprint density at radius 1 is 1.53 bits per heavy atom. The zero-order valence-electron chi connectivity index (χ0n) is 8.26. The summed E-state index contributed by atoms with van der Waals surface area (Å²) in [6.07, 6.45) is 0. The van der Waals surface area contributed by atoms with Crippen LogP contribution in [0.25, 0.3) is 0 Å². The van der Waals surface area contributed by atoms with Gasteiger partial charge in [-0.3, -0.25) is 4.79 Å². The predicted molar refractivity (Wildman–Crippen MR) is 50.9 cm³/mol. The van der Waals surface area contributed by atoms with Crippen molar-refractivity contribution < 1.29 is 13.9 Å². The molecule has 2 aliphatic rings. The second-order valence-corrected chi connectivity index (χ2v) is 4.19. The van der Waals surface area contributed by atoms with Crippen molar-refractivity contribution in [3.8, 4) is 0 Å². The van der Waals surface area contributed by atoms with Crippen molar-refractivity contribution in [2.24, 2.45) is 0 Å². The van der Waals surface area contributed by atoms with Gasteiger partial charge < -0.3 is 10.1 Å². The van der Waals surface area contributed by atoms with E-state index in [0.29, 0.717) is 17.7 Å². The van der Waals surface area contributed by atoms with E-state index in [-0.39, 0.29) is 18.3 Å². The number of benzene rings is 1. The zero-order valence-corrected chi connectivity index (χ0v) is 8.26. The van der Waals surface area contributed by atoms with Crippen LogP contribution in [0.4, 0.5) is 4.39 Å². The Hall–Kier alpha value is -1.42. The molecule has 1 N–H and O–H groups in total. The van der Waals surface area contributed by atoms with E-state index in [2.05, 4.69) is 5.32 Å². The molecule has 3 nitrogen and oxygen atoms in total. The van der Waals surface area contributed by atoms with E-state index in [9.17, 15) is 9.18 Å². The fraction of sp³-hybridized carbons (Fsp3) is 0.364. The van der Waals surface area contributed by atoms with Gasteiger partial charge in [0.2, 0.25) is 0 Å². The Labute approximate surface area is 86.2 Å². The summed E-state index contributed by atoms with van der Waals surface area (Å²) in [6.45, 7) is 2.77. The molecule has 0 radical (unpaired) electrons. The molecular formula is C11H10FNO2. The Balaban J connectivity index is 2.17. The van der Waals surface area contributed by atoms with E-state index in [0.717, 1.165) is 5.56 Å². The normalized spacial score (nSPS) is 27.5. The molecule has 1 unspecified atom stereocenters. The Kier molecular flexibility index (Phi) is 1.52. The minimum Gasteiger partial charge on any atom is -0.365 e. The van der Waals surface area contributed by atoms with E-state index >= 15 is 0 Å². The maximum atomic E-state index is 13.6. The third kappa shape index (κ3) is 1.18. The number of carbonyl (C=O) groups excluding carboxylic acids is 1. The molecule has 0 saturated carbocycles. The smallest absolute Gasteiger partial charge is 0.252 e. The number of epoxide rings is 1. The number of halogens is 1. The summed E-state index contributed by atoms with van der Waals surface area (Å²) in [5.74, 6) is -0.521. The SMILES string of the molecule is CC1(c2cc(F)c3c(c2)C(=O)NC3)CO1. The molecular weight excluding hydrogens is 197 g/mol. The molecule has 1 fully saturated rings. The van der Waals surface area contributed by atoms with Crippen LogP contribution >= 0.6 is 0 Å². The summed E-state index contributed by atoms with van der Waals surface area (Å²) in [7, 11) is 0. The summed E-state index contributed by atoms with van der Waals surface area (Å²) in [6, 6.07) is 3.19. The molecule has 0 spiro atoms. The Bertz CT molecular complexity index is 466. The topological polar surface area (TPSA) is 41.6 Å². The fourth-order valence-electron chi connectivity index (χ4n) is 1.86. The van der Waals surface area contributed by atoms with Crippen LogP contribution in [0.2, 0.25) is 0 Å². The van der Waals surface area contributed by atoms with Gasteiger partial charge in [-0.1, -0.05) is 0 Å². The van der Waals surface area contributed by atoms with Crippen LogP contribution in [0, 0.1) is 5.82 Å². The first kappa shape index (κ1) is 8.85. The summed E-state index contributed by atoms with van der Waals surface area (Å²) in [5.41, 5.74) is 1.27. The van der Waals surface area contributed by atoms with E-state index in [1.807, 2.05) is 6.92 Å². The average molecular weight is 207 g/mol. The molecule has 78 valence electrons. The number of hydrogen-bond donors (Lipinski definition) is 1. The molecule has 1 aromatic rings. The van der Waals surface area contributed by atoms with Crippen molar-refractivity contribution in [3.63, 3.8) is 0 Å². The first-order chi connectivity index (χ1) is 7.10. The molecule has 1 amide bonds. The summed E-state index contributed by atoms with van der Waals surface area (Å²) in [4.78, 5) is 11.4. The lowest BCUT2D eigenvalue weighted by molar-refractivity contribution is 0.0965. The van der Waals surface area contributed by atoms with Crippen molar-refractivity contribution in [2.75, 3.05) is 6.61 Å². The van der Waals surface area contributed by atoms with Crippen LogP contribution in [0.5, 0.6) is 0 Å². The van der Waals surface area contributed by atoms with Gasteiger partial charge >= 0.3 is 0 Å². The first-order valence-corrected chi connectivity index (χ1v) is 4.85. The number of nitrogens with one attached hydrogen (secondary N) is 1. The number of ether oxygens (including phenoxy) is 1. The third-order valence-corrected chi connectivity index (χ3v) is 3.05. The molecule has 4 heteroatoms. The van der Waals surface area contributed by atoms with Gasteiger partial charge in [-0.05, 0) is 24.6 Å². The molecule has 0 aromatic heterocycles. The Morgan fingerprint density at radius 2 is 2.27 bits per heavy atom. The highest BCUT2D eigenvalue weighted by Crippen LogP contribution is 2.39. The van der Waals surface area contributed by atoms with Crippen molar-refractivity contribution in [1.29, 1.82) is 0 Å². The molecule has 2 heterocycles. The highest BCUT2D eigenvalue weighted by Gasteiger charge is 2.42. The molecule has 15 heavy (non-hydrogen) atoms. The number of hydrogen-bond acceptors (Lipinski definition) is 2. The minimum absolute atomic E-state index is 0.199. The molecule has 3 rings (SSSR count). The van der Waals surface area contributed by atoms with Crippen LogP contribution in [0.1, 0.15) is 28.4 Å². The van der Waals surface area contributed by atoms with Crippen molar-refractivity contribution >= 4 is 5.91 Å². The zero-order chi connectivity index (χ0) is 10.6. The van der Waals surface area contributed by atoms with E-state index in [1.54, 1.807) is 6.07 Å². The highest BCUT2D eigenvalue weighted by atomic mass is 19.1. The van der Waals surface area contributed by atoms with Gasteiger partial charge in [0.05, 0.1) is 6.61 Å². The maximum Gasteiger partial charge on any atom is 0.252 e. The van der Waals surface area contributed by atoms with Gasteiger partial charge in [-0.25, -0.2) is 4.39 Å². The quantitative estimate of drug-likeness (QED) is 0.705. The maximum absolute atomic E-state index is 13.6. The summed E-state index contributed by atoms with van der Waals surface area (Å²) < 4.78 is 18.9. The highest BCUT2D eigenvalue weighted by molar-refractivity contribution is 5.98. The van der Waals surface area contributed by atoms with Gasteiger partial charge in [0.15, 0.2) is 0 Å². The summed E-state index contributed by atoms with van der Waals surface area (Å²) in [5, 5.41) is 2.61. The lowest BCUT2D eigenvalue weighted by Crippen LogP contribution is -2.12. The van der Waals surface area contributed by atoms with Gasteiger partial charge in [0.25, 0.3) is 5.91 Å². The standard InChI is InChI=1S/C11H10FNO2/c1-11(5-15-11)6-2-7-8(9(12)3-6)4-13-10(7)14/h2-3H,4-5H2,1H3,(H,13,14). The number of amides is 1. The molecule has 2 aliphatic heterocycles. The minimum atomic E-state index is -0.390. The molecule has 0 bridgehead atoms. The van der Waals surface area contributed by atoms with Crippen LogP contribution in [0.15, 0.2) is 12.1 Å². The van der Waals surface area contributed by atoms with Gasteiger partial charge in [-0.2, -0.15) is 0 Å². The number of rotatable bonds is 1. The first-order valence-electron chi connectivity index (χ1n) is 4.85. The molecule has 1 aromatic carbocycles.